The Morgan fingerprint density at radius 2 is 1.57 bits per heavy atom. The van der Waals surface area contributed by atoms with E-state index in [9.17, 15) is 4.79 Å². The second-order valence-electron chi connectivity index (χ2n) is 14.0. The molecule has 7 atom stereocenters. The number of ketones is 1. The van der Waals surface area contributed by atoms with Gasteiger partial charge in [-0.25, -0.2) is 0 Å². The van der Waals surface area contributed by atoms with Gasteiger partial charge >= 0.3 is 0 Å². The summed E-state index contributed by atoms with van der Waals surface area (Å²) in [6.07, 6.45) is 9.86. The molecule has 6 aliphatic rings. The van der Waals surface area contributed by atoms with Crippen molar-refractivity contribution in [3.05, 3.63) is 12.2 Å². The van der Waals surface area contributed by atoms with E-state index in [-0.39, 0.29) is 23.5 Å². The van der Waals surface area contributed by atoms with Gasteiger partial charge in [0.15, 0.2) is 38.3 Å². The van der Waals surface area contributed by atoms with Crippen LogP contribution in [0.5, 0.6) is 0 Å². The normalized spacial score (nSPS) is 39.3. The van der Waals surface area contributed by atoms with Gasteiger partial charge in [0.25, 0.3) is 0 Å². The quantitative estimate of drug-likeness (QED) is 0.397. The van der Waals surface area contributed by atoms with Crippen LogP contribution in [0.25, 0.3) is 0 Å². The lowest BCUT2D eigenvalue weighted by molar-refractivity contribution is -0.274. The first-order valence-corrected chi connectivity index (χ1v) is 18.4. The summed E-state index contributed by atoms with van der Waals surface area (Å²) in [5.41, 5.74) is 0. The first-order chi connectivity index (χ1) is 19.0. The van der Waals surface area contributed by atoms with E-state index in [2.05, 4.69) is 33.9 Å². The van der Waals surface area contributed by atoms with Crippen LogP contribution in [0, 0.1) is 0 Å². The van der Waals surface area contributed by atoms with Crippen LogP contribution in [0.3, 0.4) is 0 Å². The van der Waals surface area contributed by atoms with Crippen LogP contribution in [0.15, 0.2) is 12.2 Å². The molecule has 0 N–H and O–H groups in total. The molecule has 0 unspecified atom stereocenters. The SMILES string of the molecule is CC(C)(C)[Si](C)(C)OC[C@@H]1O[C@H](O[C@@H]2[C@H]3OC4(CCCCC4)O[C@H]3O[C@@H]2[C@@H]2COC3(CCCCC3)O2)C=CC1=O. The number of hydrogen-bond donors (Lipinski definition) is 0. The fourth-order valence-corrected chi connectivity index (χ4v) is 7.64. The first kappa shape index (κ1) is 29.4. The van der Waals surface area contributed by atoms with E-state index >= 15 is 0 Å². The van der Waals surface area contributed by atoms with Gasteiger partial charge < -0.3 is 37.6 Å². The molecule has 2 spiro atoms. The Labute approximate surface area is 239 Å². The number of rotatable bonds is 6. The highest BCUT2D eigenvalue weighted by atomic mass is 28.4. The summed E-state index contributed by atoms with van der Waals surface area (Å²) in [4.78, 5) is 12.7. The molecule has 3 saturated heterocycles. The molecule has 0 aromatic heterocycles. The van der Waals surface area contributed by atoms with E-state index in [1.807, 2.05) is 0 Å². The molecule has 0 aromatic rings. The second kappa shape index (κ2) is 11.1. The monoisotopic (exact) mass is 580 g/mol. The van der Waals surface area contributed by atoms with Crippen LogP contribution in [-0.4, -0.2) is 82.0 Å². The lowest BCUT2D eigenvalue weighted by Gasteiger charge is -2.38. The smallest absolute Gasteiger partial charge is 0.192 e. The van der Waals surface area contributed by atoms with Crippen molar-refractivity contribution in [3.8, 4) is 0 Å². The van der Waals surface area contributed by atoms with Crippen molar-refractivity contribution in [2.45, 2.75) is 158 Å². The van der Waals surface area contributed by atoms with Crippen molar-refractivity contribution >= 4 is 14.1 Å². The Morgan fingerprint density at radius 1 is 0.900 bits per heavy atom. The minimum Gasteiger partial charge on any atom is -0.414 e. The molecule has 2 saturated carbocycles. The molecule has 6 rings (SSSR count). The summed E-state index contributed by atoms with van der Waals surface area (Å²) >= 11 is 0. The molecule has 40 heavy (non-hydrogen) atoms. The largest absolute Gasteiger partial charge is 0.414 e. The third kappa shape index (κ3) is 5.77. The highest BCUT2D eigenvalue weighted by molar-refractivity contribution is 6.74. The van der Waals surface area contributed by atoms with Gasteiger partial charge in [-0.3, -0.25) is 4.79 Å². The van der Waals surface area contributed by atoms with E-state index < -0.39 is 56.9 Å². The van der Waals surface area contributed by atoms with Gasteiger partial charge in [-0.05, 0) is 56.0 Å². The zero-order valence-corrected chi connectivity index (χ0v) is 25.9. The number of fused-ring (bicyclic) bond motifs is 1. The molecular weight excluding hydrogens is 532 g/mol. The average Bonchev–Trinajstić information content (AvgIpc) is 3.56. The fraction of sp³-hybridized carbons (Fsp3) is 0.900. The number of ether oxygens (including phenoxy) is 7. The molecule has 4 heterocycles. The minimum atomic E-state index is -2.05. The minimum absolute atomic E-state index is 0.0355. The van der Waals surface area contributed by atoms with E-state index in [0.717, 1.165) is 51.4 Å². The standard InChI is InChI=1S/C30H48O9Si/c1-28(2,3)40(4,5)33-19-21-20(31)12-13-23(34-21)35-25-24(22-18-32-29(37-22)14-8-6-9-15-29)36-27-26(25)38-30(39-27)16-10-7-11-17-30/h12-13,21-27H,6-11,14-19H2,1-5H3/t21-,22-,23+,24+,25-,26+,27+/m0/s1. The van der Waals surface area contributed by atoms with E-state index in [1.54, 1.807) is 12.2 Å². The highest BCUT2D eigenvalue weighted by Crippen LogP contribution is 2.48. The maximum Gasteiger partial charge on any atom is 0.192 e. The van der Waals surface area contributed by atoms with Crippen molar-refractivity contribution in [3.63, 3.8) is 0 Å². The van der Waals surface area contributed by atoms with E-state index in [1.165, 1.54) is 12.8 Å². The summed E-state index contributed by atoms with van der Waals surface area (Å²) in [6.45, 7) is 11.5. The van der Waals surface area contributed by atoms with Crippen molar-refractivity contribution in [2.24, 2.45) is 0 Å². The molecule has 10 heteroatoms. The molecule has 0 amide bonds. The molecule has 9 nitrogen and oxygen atoms in total. The highest BCUT2D eigenvalue weighted by Gasteiger charge is 2.62. The molecule has 0 bridgehead atoms. The summed E-state index contributed by atoms with van der Waals surface area (Å²) < 4.78 is 51.6. The predicted octanol–water partition coefficient (Wildman–Crippen LogP) is 5.12. The third-order valence-electron chi connectivity index (χ3n) is 10.1. The Hall–Kier alpha value is -0.693. The van der Waals surface area contributed by atoms with Crippen LogP contribution in [0.1, 0.15) is 85.0 Å². The van der Waals surface area contributed by atoms with Crippen LogP contribution in [-0.2, 0) is 42.4 Å². The lowest BCUT2D eigenvalue weighted by Crippen LogP contribution is -2.49. The maximum atomic E-state index is 12.7. The Kier molecular flexibility index (Phi) is 8.15. The molecule has 0 radical (unpaired) electrons. The van der Waals surface area contributed by atoms with Gasteiger partial charge in [-0.15, -0.1) is 0 Å². The molecule has 4 aliphatic heterocycles. The molecule has 2 aliphatic carbocycles. The van der Waals surface area contributed by atoms with Crippen molar-refractivity contribution in [1.82, 2.24) is 0 Å². The lowest BCUT2D eigenvalue weighted by atomic mass is 9.94. The molecule has 226 valence electrons. The summed E-state index contributed by atoms with van der Waals surface area (Å²) in [7, 11) is -2.05. The third-order valence-corrected chi connectivity index (χ3v) is 14.6. The zero-order valence-electron chi connectivity index (χ0n) is 24.9. The fourth-order valence-electron chi connectivity index (χ4n) is 6.64. The number of carbonyl (C=O) groups excluding carboxylic acids is 1. The van der Waals surface area contributed by atoms with Gasteiger partial charge in [0, 0.05) is 25.7 Å². The molecular formula is C30H48O9Si. The summed E-state index contributed by atoms with van der Waals surface area (Å²) in [6, 6.07) is 0. The Bertz CT molecular complexity index is 949. The summed E-state index contributed by atoms with van der Waals surface area (Å²) in [5.74, 6) is -1.25. The topological polar surface area (TPSA) is 90.9 Å². The van der Waals surface area contributed by atoms with Gasteiger partial charge in [0.1, 0.15) is 30.5 Å². The Balaban J connectivity index is 1.16. The number of hydrogen-bond acceptors (Lipinski definition) is 9. The van der Waals surface area contributed by atoms with Gasteiger partial charge in [0.2, 0.25) is 0 Å². The van der Waals surface area contributed by atoms with Gasteiger partial charge in [-0.2, -0.15) is 0 Å². The predicted molar refractivity (Wildman–Crippen MR) is 148 cm³/mol. The van der Waals surface area contributed by atoms with Crippen molar-refractivity contribution < 1.29 is 42.4 Å². The zero-order chi connectivity index (χ0) is 28.2. The van der Waals surface area contributed by atoms with Crippen molar-refractivity contribution in [1.29, 1.82) is 0 Å². The van der Waals surface area contributed by atoms with Gasteiger partial charge in [0.05, 0.1) is 13.2 Å². The Morgan fingerprint density at radius 3 is 2.25 bits per heavy atom. The van der Waals surface area contributed by atoms with Crippen LogP contribution >= 0.6 is 0 Å². The van der Waals surface area contributed by atoms with E-state index in [0.29, 0.717) is 6.61 Å². The molecule has 5 fully saturated rings. The van der Waals surface area contributed by atoms with Gasteiger partial charge in [-0.1, -0.05) is 33.6 Å². The molecule has 0 aromatic carbocycles. The second-order valence-corrected chi connectivity index (χ2v) is 18.8. The van der Waals surface area contributed by atoms with Crippen LogP contribution < -0.4 is 0 Å². The van der Waals surface area contributed by atoms with E-state index in [4.69, 9.17) is 37.6 Å². The van der Waals surface area contributed by atoms with Crippen LogP contribution in [0.2, 0.25) is 18.1 Å². The first-order valence-electron chi connectivity index (χ1n) is 15.5. The summed E-state index contributed by atoms with van der Waals surface area (Å²) in [5, 5.41) is 0.0355. The average molecular weight is 581 g/mol. The number of carbonyl (C=O) groups is 1. The van der Waals surface area contributed by atoms with Crippen LogP contribution in [0.4, 0.5) is 0 Å². The maximum absolute atomic E-state index is 12.7. The van der Waals surface area contributed by atoms with Crippen molar-refractivity contribution in [2.75, 3.05) is 13.2 Å².